The quantitative estimate of drug-likeness (QED) is 0.849. The van der Waals surface area contributed by atoms with Gasteiger partial charge in [0.2, 0.25) is 11.8 Å². The maximum Gasteiger partial charge on any atom is 0.245 e. The highest BCUT2D eigenvalue weighted by atomic mass is 32.1. The molecule has 134 valence electrons. The highest BCUT2D eigenvalue weighted by Crippen LogP contribution is 2.24. The summed E-state index contributed by atoms with van der Waals surface area (Å²) in [5.74, 6) is 0.0141. The monoisotopic (exact) mass is 352 g/mol. The van der Waals surface area contributed by atoms with E-state index in [0.717, 1.165) is 31.1 Å². The van der Waals surface area contributed by atoms with Gasteiger partial charge >= 0.3 is 0 Å². The molecule has 1 aliphatic rings. The molecule has 7 heteroatoms. The van der Waals surface area contributed by atoms with Crippen LogP contribution in [0.5, 0.6) is 0 Å². The standard InChI is InChI=1S/C17H28N4O2S/c1-5-12(3)15(19-13(4)22)16(23)20-7-9-21(10-8-20)17-18-11-14(6-2)24-17/h11-12,15H,5-10H2,1-4H3,(H,19,22)/t12-,15-/m0/s1. The Balaban J connectivity index is 1.96. The number of hydrogen-bond acceptors (Lipinski definition) is 5. The molecule has 1 aromatic rings. The number of carbonyl (C=O) groups excluding carboxylic acids is 2. The molecule has 1 aromatic heterocycles. The van der Waals surface area contributed by atoms with Crippen LogP contribution >= 0.6 is 11.3 Å². The van der Waals surface area contributed by atoms with Gasteiger partial charge in [-0.1, -0.05) is 27.2 Å². The average molecular weight is 353 g/mol. The molecule has 1 N–H and O–H groups in total. The number of piperazine rings is 1. The molecule has 0 bridgehead atoms. The summed E-state index contributed by atoms with van der Waals surface area (Å²) < 4.78 is 0. The van der Waals surface area contributed by atoms with E-state index in [2.05, 4.69) is 22.1 Å². The van der Waals surface area contributed by atoms with Gasteiger partial charge in [-0.25, -0.2) is 4.98 Å². The van der Waals surface area contributed by atoms with Crippen molar-refractivity contribution >= 4 is 28.3 Å². The molecule has 0 saturated carbocycles. The molecule has 6 nitrogen and oxygen atoms in total. The fraction of sp³-hybridized carbons (Fsp3) is 0.706. The number of rotatable bonds is 6. The Labute approximate surface area is 148 Å². The molecule has 24 heavy (non-hydrogen) atoms. The van der Waals surface area contributed by atoms with Gasteiger partial charge < -0.3 is 15.1 Å². The Morgan fingerprint density at radius 1 is 1.29 bits per heavy atom. The second-order valence-corrected chi connectivity index (χ2v) is 7.43. The summed E-state index contributed by atoms with van der Waals surface area (Å²) in [6, 6.07) is -0.425. The summed E-state index contributed by atoms with van der Waals surface area (Å²) in [4.78, 5) is 34.1. The summed E-state index contributed by atoms with van der Waals surface area (Å²) in [5, 5.41) is 3.87. The van der Waals surface area contributed by atoms with Gasteiger partial charge in [-0.3, -0.25) is 9.59 Å². The van der Waals surface area contributed by atoms with Crippen molar-refractivity contribution in [2.45, 2.75) is 46.6 Å². The Kier molecular flexibility index (Phi) is 6.60. The van der Waals surface area contributed by atoms with Crippen LogP contribution in [-0.4, -0.2) is 53.9 Å². The van der Waals surface area contributed by atoms with Crippen molar-refractivity contribution in [1.29, 1.82) is 0 Å². The number of carbonyl (C=O) groups is 2. The van der Waals surface area contributed by atoms with E-state index in [1.54, 1.807) is 11.3 Å². The summed E-state index contributed by atoms with van der Waals surface area (Å²) in [5.41, 5.74) is 0. The summed E-state index contributed by atoms with van der Waals surface area (Å²) in [6.07, 6.45) is 3.80. The van der Waals surface area contributed by atoms with Gasteiger partial charge in [-0.2, -0.15) is 0 Å². The van der Waals surface area contributed by atoms with E-state index in [-0.39, 0.29) is 17.7 Å². The van der Waals surface area contributed by atoms with Crippen LogP contribution in [0.25, 0.3) is 0 Å². The number of aromatic nitrogens is 1. The van der Waals surface area contributed by atoms with Crippen LogP contribution in [0.1, 0.15) is 39.0 Å². The van der Waals surface area contributed by atoms with E-state index in [9.17, 15) is 9.59 Å². The number of amides is 2. The fourth-order valence-corrected chi connectivity index (χ4v) is 3.73. The van der Waals surface area contributed by atoms with Crippen molar-refractivity contribution in [3.63, 3.8) is 0 Å². The predicted octanol–water partition coefficient (Wildman–Crippen LogP) is 1.90. The average Bonchev–Trinajstić information content (AvgIpc) is 3.07. The van der Waals surface area contributed by atoms with Crippen molar-refractivity contribution in [2.75, 3.05) is 31.1 Å². The van der Waals surface area contributed by atoms with Gasteiger partial charge in [-0.05, 0) is 12.3 Å². The van der Waals surface area contributed by atoms with E-state index in [1.165, 1.54) is 11.8 Å². The van der Waals surface area contributed by atoms with Crippen molar-refractivity contribution in [3.05, 3.63) is 11.1 Å². The SMILES string of the molecule is CCc1cnc(N2CCN(C(=O)[C@@H](NC(C)=O)[C@@H](C)CC)CC2)s1. The lowest BCUT2D eigenvalue weighted by molar-refractivity contribution is -0.137. The molecule has 0 spiro atoms. The first-order chi connectivity index (χ1) is 11.5. The predicted molar refractivity (Wildman–Crippen MR) is 97.3 cm³/mol. The number of aryl methyl sites for hydroxylation is 1. The normalized spacial score (nSPS) is 17.5. The number of hydrogen-bond donors (Lipinski definition) is 1. The second-order valence-electron chi connectivity index (χ2n) is 6.34. The zero-order valence-electron chi connectivity index (χ0n) is 15.0. The minimum Gasteiger partial charge on any atom is -0.345 e. The molecule has 1 fully saturated rings. The third-order valence-electron chi connectivity index (χ3n) is 4.59. The lowest BCUT2D eigenvalue weighted by Crippen LogP contribution is -2.56. The largest absolute Gasteiger partial charge is 0.345 e. The van der Waals surface area contributed by atoms with Crippen LogP contribution < -0.4 is 10.2 Å². The molecule has 2 amide bonds. The van der Waals surface area contributed by atoms with E-state index < -0.39 is 6.04 Å². The molecule has 2 rings (SSSR count). The molecule has 0 unspecified atom stereocenters. The van der Waals surface area contributed by atoms with E-state index in [4.69, 9.17) is 0 Å². The lowest BCUT2D eigenvalue weighted by Gasteiger charge is -2.37. The van der Waals surface area contributed by atoms with Gasteiger partial charge in [0, 0.05) is 44.2 Å². The first kappa shape index (κ1) is 18.7. The maximum atomic E-state index is 12.8. The van der Waals surface area contributed by atoms with Gasteiger partial charge in [0.05, 0.1) is 0 Å². The van der Waals surface area contributed by atoms with Crippen LogP contribution in [-0.2, 0) is 16.0 Å². The number of anilines is 1. The fourth-order valence-electron chi connectivity index (χ4n) is 2.82. The summed E-state index contributed by atoms with van der Waals surface area (Å²) >= 11 is 1.73. The maximum absolute atomic E-state index is 12.8. The lowest BCUT2D eigenvalue weighted by atomic mass is 9.97. The Bertz CT molecular complexity index is 567. The molecular weight excluding hydrogens is 324 g/mol. The molecule has 2 heterocycles. The molecule has 0 aliphatic carbocycles. The third-order valence-corrected chi connectivity index (χ3v) is 5.79. The van der Waals surface area contributed by atoms with Crippen molar-refractivity contribution in [2.24, 2.45) is 5.92 Å². The van der Waals surface area contributed by atoms with Gasteiger partial charge in [0.1, 0.15) is 6.04 Å². The van der Waals surface area contributed by atoms with Crippen LogP contribution in [0, 0.1) is 5.92 Å². The number of nitrogens with one attached hydrogen (secondary N) is 1. The number of nitrogens with zero attached hydrogens (tertiary/aromatic N) is 3. The van der Waals surface area contributed by atoms with Crippen LogP contribution in [0.2, 0.25) is 0 Å². The van der Waals surface area contributed by atoms with Crippen LogP contribution in [0.3, 0.4) is 0 Å². The highest BCUT2D eigenvalue weighted by molar-refractivity contribution is 7.15. The number of thiazole rings is 1. The molecule has 2 atom stereocenters. The zero-order valence-corrected chi connectivity index (χ0v) is 15.9. The Morgan fingerprint density at radius 2 is 1.96 bits per heavy atom. The highest BCUT2D eigenvalue weighted by Gasteiger charge is 2.31. The molecule has 0 aromatic carbocycles. The summed E-state index contributed by atoms with van der Waals surface area (Å²) in [6.45, 7) is 10.6. The Hall–Kier alpha value is -1.63. The van der Waals surface area contributed by atoms with E-state index >= 15 is 0 Å². The van der Waals surface area contributed by atoms with Crippen LogP contribution in [0.4, 0.5) is 5.13 Å². The first-order valence-electron chi connectivity index (χ1n) is 8.71. The third kappa shape index (κ3) is 4.47. The molecule has 0 radical (unpaired) electrons. The molecule has 1 aliphatic heterocycles. The topological polar surface area (TPSA) is 65.5 Å². The second kappa shape index (κ2) is 8.46. The van der Waals surface area contributed by atoms with Gasteiger partial charge in [0.15, 0.2) is 5.13 Å². The van der Waals surface area contributed by atoms with Crippen LogP contribution in [0.15, 0.2) is 6.20 Å². The first-order valence-corrected chi connectivity index (χ1v) is 9.53. The van der Waals surface area contributed by atoms with Crippen molar-refractivity contribution in [1.82, 2.24) is 15.2 Å². The van der Waals surface area contributed by atoms with E-state index in [0.29, 0.717) is 13.1 Å². The van der Waals surface area contributed by atoms with Gasteiger partial charge in [0.25, 0.3) is 0 Å². The molecular formula is C17H28N4O2S. The van der Waals surface area contributed by atoms with Crippen molar-refractivity contribution in [3.8, 4) is 0 Å². The minimum absolute atomic E-state index is 0.0348. The smallest absolute Gasteiger partial charge is 0.245 e. The molecule has 1 saturated heterocycles. The van der Waals surface area contributed by atoms with Crippen molar-refractivity contribution < 1.29 is 9.59 Å². The van der Waals surface area contributed by atoms with E-state index in [1.807, 2.05) is 24.9 Å². The van der Waals surface area contributed by atoms with Gasteiger partial charge in [-0.15, -0.1) is 11.3 Å². The Morgan fingerprint density at radius 3 is 2.46 bits per heavy atom. The minimum atomic E-state index is -0.425. The summed E-state index contributed by atoms with van der Waals surface area (Å²) in [7, 11) is 0. The zero-order chi connectivity index (χ0) is 17.7.